The zero-order valence-electron chi connectivity index (χ0n) is 11.2. The van der Waals surface area contributed by atoms with Gasteiger partial charge in [0, 0.05) is 24.1 Å². The Morgan fingerprint density at radius 1 is 1.50 bits per heavy atom. The van der Waals surface area contributed by atoms with Crippen LogP contribution in [0, 0.1) is 11.8 Å². The van der Waals surface area contributed by atoms with Crippen LogP contribution in [0.15, 0.2) is 12.1 Å². The molecule has 18 heavy (non-hydrogen) atoms. The number of nitrogens with one attached hydrogen (secondary N) is 1. The van der Waals surface area contributed by atoms with Crippen LogP contribution < -0.4 is 14.8 Å². The molecule has 0 aromatic heterocycles. The average molecular weight is 245 g/mol. The maximum Gasteiger partial charge on any atom is 0.123 e. The van der Waals surface area contributed by atoms with Crippen LogP contribution in [0.4, 0.5) is 0 Å². The molecule has 96 valence electrons. The summed E-state index contributed by atoms with van der Waals surface area (Å²) in [6.07, 6.45) is 1.22. The van der Waals surface area contributed by atoms with E-state index < -0.39 is 0 Å². The van der Waals surface area contributed by atoms with Gasteiger partial charge in [0.1, 0.15) is 17.6 Å². The summed E-state index contributed by atoms with van der Waals surface area (Å²) >= 11 is 0. The summed E-state index contributed by atoms with van der Waals surface area (Å²) in [5, 5.41) is 3.27. The molecule has 2 rings (SSSR count). The first-order valence-electron chi connectivity index (χ1n) is 6.21. The fraction of sp³-hybridized carbons (Fsp3) is 0.467. The quantitative estimate of drug-likeness (QED) is 0.651. The maximum absolute atomic E-state index is 5.76. The molecule has 0 amide bonds. The molecule has 1 unspecified atom stereocenters. The SMILES string of the molecule is CC#CCNCc1cc2c(cc1OC)CC(C)O2. The van der Waals surface area contributed by atoms with Crippen molar-refractivity contribution in [2.75, 3.05) is 13.7 Å². The molecular formula is C15H19NO2. The van der Waals surface area contributed by atoms with Gasteiger partial charge < -0.3 is 14.8 Å². The summed E-state index contributed by atoms with van der Waals surface area (Å²) in [7, 11) is 1.70. The van der Waals surface area contributed by atoms with Crippen molar-refractivity contribution in [1.29, 1.82) is 0 Å². The van der Waals surface area contributed by atoms with Crippen LogP contribution in [0.5, 0.6) is 11.5 Å². The van der Waals surface area contributed by atoms with Crippen molar-refractivity contribution in [3.05, 3.63) is 23.3 Å². The predicted octanol–water partition coefficient (Wildman–Crippen LogP) is 2.13. The molecule has 1 aromatic carbocycles. The van der Waals surface area contributed by atoms with Gasteiger partial charge in [-0.3, -0.25) is 0 Å². The number of rotatable bonds is 4. The Morgan fingerprint density at radius 3 is 3.06 bits per heavy atom. The van der Waals surface area contributed by atoms with E-state index in [1.165, 1.54) is 5.56 Å². The zero-order valence-corrected chi connectivity index (χ0v) is 11.2. The molecular weight excluding hydrogens is 226 g/mol. The van der Waals surface area contributed by atoms with E-state index in [-0.39, 0.29) is 6.10 Å². The summed E-state index contributed by atoms with van der Waals surface area (Å²) in [6.45, 7) is 5.35. The van der Waals surface area contributed by atoms with Gasteiger partial charge in [-0.2, -0.15) is 0 Å². The van der Waals surface area contributed by atoms with Crippen LogP contribution in [0.2, 0.25) is 0 Å². The van der Waals surface area contributed by atoms with E-state index in [1.807, 2.05) is 6.92 Å². The Morgan fingerprint density at radius 2 is 2.33 bits per heavy atom. The summed E-state index contributed by atoms with van der Waals surface area (Å²) < 4.78 is 11.2. The lowest BCUT2D eigenvalue weighted by molar-refractivity contribution is 0.254. The van der Waals surface area contributed by atoms with Crippen LogP contribution in [-0.2, 0) is 13.0 Å². The van der Waals surface area contributed by atoms with Gasteiger partial charge in [-0.05, 0) is 26.0 Å². The molecule has 0 radical (unpaired) electrons. The second-order valence-corrected chi connectivity index (χ2v) is 4.43. The van der Waals surface area contributed by atoms with E-state index in [0.29, 0.717) is 6.54 Å². The van der Waals surface area contributed by atoms with E-state index in [4.69, 9.17) is 9.47 Å². The van der Waals surface area contributed by atoms with Crippen LogP contribution >= 0.6 is 0 Å². The molecule has 1 atom stereocenters. The normalized spacial score (nSPS) is 16.5. The molecule has 1 aliphatic heterocycles. The highest BCUT2D eigenvalue weighted by Gasteiger charge is 2.21. The second-order valence-electron chi connectivity index (χ2n) is 4.43. The Hall–Kier alpha value is -1.66. The van der Waals surface area contributed by atoms with Crippen molar-refractivity contribution in [2.24, 2.45) is 0 Å². The van der Waals surface area contributed by atoms with E-state index in [9.17, 15) is 0 Å². The summed E-state index contributed by atoms with van der Waals surface area (Å²) in [5.41, 5.74) is 2.35. The molecule has 0 bridgehead atoms. The lowest BCUT2D eigenvalue weighted by Crippen LogP contribution is -2.14. The molecule has 0 aliphatic carbocycles. The Bertz CT molecular complexity index is 485. The fourth-order valence-electron chi connectivity index (χ4n) is 2.16. The summed E-state index contributed by atoms with van der Waals surface area (Å²) in [5.74, 6) is 7.75. The third-order valence-corrected chi connectivity index (χ3v) is 3.00. The number of hydrogen-bond acceptors (Lipinski definition) is 3. The number of ether oxygens (including phenoxy) is 2. The zero-order chi connectivity index (χ0) is 13.0. The van der Waals surface area contributed by atoms with Crippen LogP contribution in [0.1, 0.15) is 25.0 Å². The average Bonchev–Trinajstić information content (AvgIpc) is 2.72. The van der Waals surface area contributed by atoms with Gasteiger partial charge in [-0.25, -0.2) is 0 Å². The van der Waals surface area contributed by atoms with Crippen molar-refractivity contribution in [1.82, 2.24) is 5.32 Å². The summed E-state index contributed by atoms with van der Waals surface area (Å²) in [4.78, 5) is 0. The maximum atomic E-state index is 5.76. The van der Waals surface area contributed by atoms with Crippen LogP contribution in [0.3, 0.4) is 0 Å². The molecule has 1 N–H and O–H groups in total. The lowest BCUT2D eigenvalue weighted by Gasteiger charge is -2.11. The molecule has 3 heteroatoms. The summed E-state index contributed by atoms with van der Waals surface area (Å²) in [6, 6.07) is 4.16. The third-order valence-electron chi connectivity index (χ3n) is 3.00. The first-order valence-corrected chi connectivity index (χ1v) is 6.21. The molecule has 0 saturated carbocycles. The van der Waals surface area contributed by atoms with E-state index in [2.05, 4.69) is 36.2 Å². The van der Waals surface area contributed by atoms with Crippen LogP contribution in [0.25, 0.3) is 0 Å². The van der Waals surface area contributed by atoms with E-state index in [1.54, 1.807) is 7.11 Å². The van der Waals surface area contributed by atoms with Crippen molar-refractivity contribution >= 4 is 0 Å². The molecule has 1 aliphatic rings. The van der Waals surface area contributed by atoms with Crippen molar-refractivity contribution in [2.45, 2.75) is 32.9 Å². The predicted molar refractivity (Wildman–Crippen MR) is 71.9 cm³/mol. The van der Waals surface area contributed by atoms with Crippen molar-refractivity contribution in [3.63, 3.8) is 0 Å². The lowest BCUT2D eigenvalue weighted by atomic mass is 10.1. The Kier molecular flexibility index (Phi) is 4.11. The minimum absolute atomic E-state index is 0.263. The van der Waals surface area contributed by atoms with Gasteiger partial charge in [0.05, 0.1) is 13.7 Å². The van der Waals surface area contributed by atoms with Crippen molar-refractivity contribution < 1.29 is 9.47 Å². The smallest absolute Gasteiger partial charge is 0.123 e. The second kappa shape index (κ2) is 5.79. The van der Waals surface area contributed by atoms with Gasteiger partial charge >= 0.3 is 0 Å². The highest BCUT2D eigenvalue weighted by atomic mass is 16.5. The highest BCUT2D eigenvalue weighted by molar-refractivity contribution is 5.48. The van der Waals surface area contributed by atoms with E-state index >= 15 is 0 Å². The number of hydrogen-bond donors (Lipinski definition) is 1. The van der Waals surface area contributed by atoms with Gasteiger partial charge in [-0.1, -0.05) is 5.92 Å². The highest BCUT2D eigenvalue weighted by Crippen LogP contribution is 2.34. The molecule has 1 heterocycles. The minimum atomic E-state index is 0.263. The monoisotopic (exact) mass is 245 g/mol. The Labute approximate surface area is 108 Å². The topological polar surface area (TPSA) is 30.5 Å². The van der Waals surface area contributed by atoms with Crippen LogP contribution in [-0.4, -0.2) is 19.8 Å². The largest absolute Gasteiger partial charge is 0.496 e. The molecule has 0 saturated heterocycles. The number of methoxy groups -OCH3 is 1. The number of fused-ring (bicyclic) bond motifs is 1. The van der Waals surface area contributed by atoms with Gasteiger partial charge in [0.2, 0.25) is 0 Å². The molecule has 0 spiro atoms. The van der Waals surface area contributed by atoms with Gasteiger partial charge in [-0.15, -0.1) is 5.92 Å². The molecule has 1 aromatic rings. The Balaban J connectivity index is 2.13. The molecule has 0 fully saturated rings. The first kappa shape index (κ1) is 12.8. The first-order chi connectivity index (χ1) is 8.74. The number of benzene rings is 1. The fourth-order valence-corrected chi connectivity index (χ4v) is 2.16. The molecule has 3 nitrogen and oxygen atoms in total. The van der Waals surface area contributed by atoms with E-state index in [0.717, 1.165) is 30.0 Å². The van der Waals surface area contributed by atoms with Crippen molar-refractivity contribution in [3.8, 4) is 23.3 Å². The third kappa shape index (κ3) is 2.77. The van der Waals surface area contributed by atoms with Gasteiger partial charge in [0.25, 0.3) is 0 Å². The minimum Gasteiger partial charge on any atom is -0.496 e. The standard InChI is InChI=1S/C15H19NO2/c1-4-5-6-16-10-13-9-15-12(7-11(2)18-15)8-14(13)17-3/h8-9,11,16H,6-7,10H2,1-3H3. The van der Waals surface area contributed by atoms with Gasteiger partial charge in [0.15, 0.2) is 0 Å².